The third kappa shape index (κ3) is 3.01. The van der Waals surface area contributed by atoms with Crippen molar-refractivity contribution < 1.29 is 4.79 Å². The van der Waals surface area contributed by atoms with Crippen molar-refractivity contribution in [3.05, 3.63) is 66.7 Å². The second-order valence-corrected chi connectivity index (χ2v) is 5.42. The van der Waals surface area contributed by atoms with Gasteiger partial charge in [-0.15, -0.1) is 11.8 Å². The van der Waals surface area contributed by atoms with Crippen LogP contribution in [0.3, 0.4) is 0 Å². The monoisotopic (exact) mass is 310 g/mol. The van der Waals surface area contributed by atoms with E-state index in [0.717, 1.165) is 10.6 Å². The molecule has 0 saturated carbocycles. The fourth-order valence-electron chi connectivity index (χ4n) is 2.05. The highest BCUT2D eigenvalue weighted by molar-refractivity contribution is 7.98. The van der Waals surface area contributed by atoms with E-state index in [0.29, 0.717) is 11.3 Å². The third-order valence-electron chi connectivity index (χ3n) is 3.17. The number of aromatic nitrogens is 3. The summed E-state index contributed by atoms with van der Waals surface area (Å²) in [6.07, 6.45) is 5.06. The molecule has 0 radical (unpaired) electrons. The summed E-state index contributed by atoms with van der Waals surface area (Å²) < 4.78 is 1.62. The summed E-state index contributed by atoms with van der Waals surface area (Å²) in [5.74, 6) is -0.153. The minimum Gasteiger partial charge on any atom is -0.320 e. The van der Waals surface area contributed by atoms with E-state index in [1.807, 2.05) is 54.8 Å². The number of rotatable bonds is 4. The lowest BCUT2D eigenvalue weighted by atomic mass is 10.2. The van der Waals surface area contributed by atoms with Gasteiger partial charge in [-0.2, -0.15) is 5.10 Å². The largest absolute Gasteiger partial charge is 0.320 e. The van der Waals surface area contributed by atoms with Crippen LogP contribution in [-0.2, 0) is 0 Å². The Bertz CT molecular complexity index is 769. The number of anilines is 1. The first kappa shape index (κ1) is 14.3. The van der Waals surface area contributed by atoms with Crippen molar-refractivity contribution in [1.82, 2.24) is 14.8 Å². The summed E-state index contributed by atoms with van der Waals surface area (Å²) in [5.41, 5.74) is 2.08. The van der Waals surface area contributed by atoms with Gasteiger partial charge in [0.2, 0.25) is 0 Å². The van der Waals surface area contributed by atoms with Crippen molar-refractivity contribution in [3.63, 3.8) is 0 Å². The van der Waals surface area contributed by atoms with Crippen LogP contribution in [0.25, 0.3) is 5.69 Å². The van der Waals surface area contributed by atoms with Crippen molar-refractivity contribution in [2.24, 2.45) is 0 Å². The fourth-order valence-corrected chi connectivity index (χ4v) is 2.46. The quantitative estimate of drug-likeness (QED) is 0.752. The molecular weight excluding hydrogens is 296 g/mol. The number of nitrogens with zero attached hydrogens (tertiary/aromatic N) is 3. The molecule has 0 bridgehead atoms. The Morgan fingerprint density at radius 3 is 2.59 bits per heavy atom. The van der Waals surface area contributed by atoms with E-state index in [4.69, 9.17) is 0 Å². The highest BCUT2D eigenvalue weighted by Gasteiger charge is 2.10. The van der Waals surface area contributed by atoms with E-state index in [1.165, 1.54) is 6.33 Å². The Labute approximate surface area is 132 Å². The lowest BCUT2D eigenvalue weighted by Crippen LogP contribution is -2.13. The summed E-state index contributed by atoms with van der Waals surface area (Å²) in [5, 5.41) is 7.02. The van der Waals surface area contributed by atoms with Crippen molar-refractivity contribution in [1.29, 1.82) is 0 Å². The predicted octanol–water partition coefficient (Wildman–Crippen LogP) is 3.24. The van der Waals surface area contributed by atoms with Crippen LogP contribution in [-0.4, -0.2) is 26.9 Å². The van der Waals surface area contributed by atoms with Gasteiger partial charge >= 0.3 is 0 Å². The number of benzene rings is 2. The number of hydrogen-bond donors (Lipinski definition) is 1. The summed E-state index contributed by atoms with van der Waals surface area (Å²) >= 11 is 1.64. The number of nitrogens with one attached hydrogen (secondary N) is 1. The molecule has 0 spiro atoms. The van der Waals surface area contributed by atoms with E-state index >= 15 is 0 Å². The summed E-state index contributed by atoms with van der Waals surface area (Å²) in [4.78, 5) is 17.4. The number of thioether (sulfide) groups is 1. The van der Waals surface area contributed by atoms with Crippen LogP contribution in [0.5, 0.6) is 0 Å². The van der Waals surface area contributed by atoms with Gasteiger partial charge in [0.05, 0.1) is 11.4 Å². The van der Waals surface area contributed by atoms with Gasteiger partial charge in [0, 0.05) is 10.5 Å². The van der Waals surface area contributed by atoms with Gasteiger partial charge in [0.1, 0.15) is 12.7 Å². The smallest absolute Gasteiger partial charge is 0.255 e. The van der Waals surface area contributed by atoms with Crippen molar-refractivity contribution in [2.75, 3.05) is 11.6 Å². The molecule has 0 aliphatic carbocycles. The molecule has 3 rings (SSSR count). The lowest BCUT2D eigenvalue weighted by molar-refractivity contribution is 0.102. The minimum atomic E-state index is -0.153. The molecule has 2 aromatic carbocycles. The van der Waals surface area contributed by atoms with Crippen LogP contribution in [0.15, 0.2) is 66.1 Å². The maximum Gasteiger partial charge on any atom is 0.255 e. The van der Waals surface area contributed by atoms with Crippen molar-refractivity contribution in [2.45, 2.75) is 4.90 Å². The van der Waals surface area contributed by atoms with Crippen molar-refractivity contribution >= 4 is 23.4 Å². The van der Waals surface area contributed by atoms with Crippen LogP contribution in [0.4, 0.5) is 5.69 Å². The van der Waals surface area contributed by atoms with Crippen LogP contribution in [0, 0.1) is 0 Å². The van der Waals surface area contributed by atoms with E-state index in [2.05, 4.69) is 15.4 Å². The van der Waals surface area contributed by atoms with E-state index < -0.39 is 0 Å². The number of para-hydroxylation sites is 2. The molecule has 1 N–H and O–H groups in total. The molecular formula is C16H14N4OS. The molecule has 0 aliphatic heterocycles. The number of carbonyl (C=O) groups is 1. The standard InChI is InChI=1S/C16H14N4OS/c1-22-13-8-6-12(7-9-13)16(21)19-14-4-2-3-5-15(14)20-11-17-10-18-20/h2-11H,1H3,(H,19,21). The van der Waals surface area contributed by atoms with E-state index in [9.17, 15) is 4.79 Å². The molecule has 1 aromatic heterocycles. The number of hydrogen-bond acceptors (Lipinski definition) is 4. The number of amides is 1. The Kier molecular flexibility index (Phi) is 4.20. The van der Waals surface area contributed by atoms with Gasteiger partial charge in [-0.1, -0.05) is 12.1 Å². The predicted molar refractivity (Wildman–Crippen MR) is 87.5 cm³/mol. The molecule has 6 heteroatoms. The first-order valence-electron chi connectivity index (χ1n) is 6.67. The van der Waals surface area contributed by atoms with Gasteiger partial charge in [0.15, 0.2) is 0 Å². The summed E-state index contributed by atoms with van der Waals surface area (Å²) in [7, 11) is 0. The van der Waals surface area contributed by atoms with Crippen LogP contribution in [0.2, 0.25) is 0 Å². The summed E-state index contributed by atoms with van der Waals surface area (Å²) in [6, 6.07) is 15.0. The van der Waals surface area contributed by atoms with Gasteiger partial charge in [0.25, 0.3) is 5.91 Å². The zero-order chi connectivity index (χ0) is 15.4. The van der Waals surface area contributed by atoms with E-state index in [-0.39, 0.29) is 5.91 Å². The highest BCUT2D eigenvalue weighted by Crippen LogP contribution is 2.20. The molecule has 22 heavy (non-hydrogen) atoms. The molecule has 0 unspecified atom stereocenters. The minimum absolute atomic E-state index is 0.153. The normalized spacial score (nSPS) is 10.4. The summed E-state index contributed by atoms with van der Waals surface area (Å²) in [6.45, 7) is 0. The molecule has 5 nitrogen and oxygen atoms in total. The first-order valence-corrected chi connectivity index (χ1v) is 7.90. The number of carbonyl (C=O) groups excluding carboxylic acids is 1. The average Bonchev–Trinajstić information content (AvgIpc) is 3.10. The molecule has 0 saturated heterocycles. The molecule has 3 aromatic rings. The maximum absolute atomic E-state index is 12.4. The Morgan fingerprint density at radius 1 is 1.14 bits per heavy atom. The molecule has 0 atom stereocenters. The second kappa shape index (κ2) is 6.44. The van der Waals surface area contributed by atoms with Crippen LogP contribution >= 0.6 is 11.8 Å². The average molecular weight is 310 g/mol. The molecule has 110 valence electrons. The Hall–Kier alpha value is -2.60. The van der Waals surface area contributed by atoms with Gasteiger partial charge in [-0.25, -0.2) is 9.67 Å². The zero-order valence-electron chi connectivity index (χ0n) is 11.9. The molecule has 0 fully saturated rings. The second-order valence-electron chi connectivity index (χ2n) is 4.54. The Morgan fingerprint density at radius 2 is 1.91 bits per heavy atom. The molecule has 1 heterocycles. The highest BCUT2D eigenvalue weighted by atomic mass is 32.2. The third-order valence-corrected chi connectivity index (χ3v) is 3.91. The van der Waals surface area contributed by atoms with Crippen LogP contribution < -0.4 is 5.32 Å². The molecule has 1 amide bonds. The van der Waals surface area contributed by atoms with Crippen molar-refractivity contribution in [3.8, 4) is 5.69 Å². The van der Waals surface area contributed by atoms with E-state index in [1.54, 1.807) is 22.8 Å². The Balaban J connectivity index is 1.85. The topological polar surface area (TPSA) is 59.8 Å². The first-order chi connectivity index (χ1) is 10.8. The molecule has 0 aliphatic rings. The van der Waals surface area contributed by atoms with Gasteiger partial charge < -0.3 is 5.32 Å². The maximum atomic E-state index is 12.4. The van der Waals surface area contributed by atoms with Crippen LogP contribution in [0.1, 0.15) is 10.4 Å². The lowest BCUT2D eigenvalue weighted by Gasteiger charge is -2.10. The van der Waals surface area contributed by atoms with Gasteiger partial charge in [-0.3, -0.25) is 4.79 Å². The SMILES string of the molecule is CSc1ccc(C(=O)Nc2ccccc2-n2cncn2)cc1. The van der Waals surface area contributed by atoms with Gasteiger partial charge in [-0.05, 0) is 42.7 Å². The zero-order valence-corrected chi connectivity index (χ0v) is 12.7. The fraction of sp³-hybridized carbons (Fsp3) is 0.0625.